The fourth-order valence-electron chi connectivity index (χ4n) is 2.84. The molecule has 1 fully saturated rings. The Balaban J connectivity index is 2.80. The zero-order chi connectivity index (χ0) is 17.3. The van der Waals surface area contributed by atoms with Gasteiger partial charge in [-0.15, -0.1) is 0 Å². The van der Waals surface area contributed by atoms with E-state index in [0.29, 0.717) is 12.6 Å². The third kappa shape index (κ3) is 6.17. The predicted molar refractivity (Wildman–Crippen MR) is 94.5 cm³/mol. The Kier molecular flexibility index (Phi) is 6.13. The van der Waals surface area contributed by atoms with Crippen molar-refractivity contribution in [3.8, 4) is 0 Å². The first kappa shape index (κ1) is 19.9. The molecule has 132 valence electrons. The molecule has 4 nitrogen and oxygen atoms in total. The molecule has 1 rings (SSSR count). The maximum Gasteiger partial charge on any atom is 0.211 e. The van der Waals surface area contributed by atoms with Crippen LogP contribution in [0, 0.1) is 11.3 Å². The Morgan fingerprint density at radius 2 is 1.55 bits per heavy atom. The fourth-order valence-corrected chi connectivity index (χ4v) is 4.25. The van der Waals surface area contributed by atoms with Gasteiger partial charge >= 0.3 is 0 Å². The summed E-state index contributed by atoms with van der Waals surface area (Å²) >= 11 is 0. The molecule has 0 saturated heterocycles. The number of nitrogens with zero attached hydrogens (tertiary/aromatic N) is 2. The maximum atomic E-state index is 12.1. The molecule has 1 atom stereocenters. The summed E-state index contributed by atoms with van der Waals surface area (Å²) in [6.45, 7) is 17.4. The van der Waals surface area contributed by atoms with Crippen molar-refractivity contribution in [2.45, 2.75) is 72.9 Å². The van der Waals surface area contributed by atoms with Crippen LogP contribution in [-0.2, 0) is 10.0 Å². The van der Waals surface area contributed by atoms with Crippen molar-refractivity contribution >= 4 is 10.0 Å². The minimum atomic E-state index is -3.19. The number of rotatable bonds is 7. The van der Waals surface area contributed by atoms with Crippen LogP contribution in [0.1, 0.15) is 61.3 Å². The molecular weight excluding hydrogens is 296 g/mol. The lowest BCUT2D eigenvalue weighted by molar-refractivity contribution is 0.0943. The van der Waals surface area contributed by atoms with Crippen molar-refractivity contribution in [1.82, 2.24) is 9.21 Å². The molecule has 0 heterocycles. The van der Waals surface area contributed by atoms with Gasteiger partial charge in [-0.2, -0.15) is 4.31 Å². The molecule has 0 N–H and O–H groups in total. The van der Waals surface area contributed by atoms with Crippen LogP contribution in [0.25, 0.3) is 0 Å². The largest absolute Gasteiger partial charge is 0.299 e. The highest BCUT2D eigenvalue weighted by Gasteiger charge is 2.34. The highest BCUT2D eigenvalue weighted by Crippen LogP contribution is 2.33. The first-order valence-corrected chi connectivity index (χ1v) is 10.3. The predicted octanol–water partition coefficient (Wildman–Crippen LogP) is 3.19. The summed E-state index contributed by atoms with van der Waals surface area (Å²) in [7, 11) is -3.19. The van der Waals surface area contributed by atoms with E-state index in [1.165, 1.54) is 19.1 Å². The topological polar surface area (TPSA) is 40.6 Å². The zero-order valence-corrected chi connectivity index (χ0v) is 16.6. The smallest absolute Gasteiger partial charge is 0.211 e. The number of hydrogen-bond donors (Lipinski definition) is 0. The summed E-state index contributed by atoms with van der Waals surface area (Å²) < 4.78 is 25.8. The molecule has 0 aromatic rings. The fraction of sp³-hybridized carbons (Fsp3) is 1.00. The van der Waals surface area contributed by atoms with Crippen LogP contribution in [0.4, 0.5) is 0 Å². The normalized spacial score (nSPS) is 19.0. The van der Waals surface area contributed by atoms with E-state index in [9.17, 15) is 8.42 Å². The minimum Gasteiger partial charge on any atom is -0.299 e. The molecule has 0 aromatic carbocycles. The van der Waals surface area contributed by atoms with Gasteiger partial charge in [0.15, 0.2) is 0 Å². The van der Waals surface area contributed by atoms with Gasteiger partial charge in [0.2, 0.25) is 10.0 Å². The summed E-state index contributed by atoms with van der Waals surface area (Å²) in [5.41, 5.74) is -0.170. The van der Waals surface area contributed by atoms with E-state index >= 15 is 0 Å². The number of sulfonamides is 1. The summed E-state index contributed by atoms with van der Waals surface area (Å²) in [4.78, 5) is 2.49. The molecule has 22 heavy (non-hydrogen) atoms. The highest BCUT2D eigenvalue weighted by molar-refractivity contribution is 7.88. The van der Waals surface area contributed by atoms with E-state index in [0.717, 1.165) is 19.0 Å². The Hall–Kier alpha value is -0.130. The molecular formula is C17H36N2O2S. The van der Waals surface area contributed by atoms with E-state index in [-0.39, 0.29) is 11.0 Å². The van der Waals surface area contributed by atoms with E-state index < -0.39 is 10.0 Å². The van der Waals surface area contributed by atoms with Crippen LogP contribution in [0.2, 0.25) is 0 Å². The quantitative estimate of drug-likeness (QED) is 0.719. The van der Waals surface area contributed by atoms with Gasteiger partial charge in [0.1, 0.15) is 0 Å². The lowest BCUT2D eigenvalue weighted by Gasteiger charge is -2.40. The van der Waals surface area contributed by atoms with Gasteiger partial charge in [0.25, 0.3) is 0 Å². The van der Waals surface area contributed by atoms with Crippen LogP contribution in [0.5, 0.6) is 0 Å². The molecule has 0 aromatic heterocycles. The van der Waals surface area contributed by atoms with Gasteiger partial charge in [-0.05, 0) is 51.9 Å². The maximum absolute atomic E-state index is 12.1. The van der Waals surface area contributed by atoms with Gasteiger partial charge in [-0.25, -0.2) is 8.42 Å². The summed E-state index contributed by atoms with van der Waals surface area (Å²) in [6.07, 6.45) is 3.96. The van der Waals surface area contributed by atoms with E-state index in [1.807, 2.05) is 20.8 Å². The second-order valence-electron chi connectivity index (χ2n) is 8.99. The van der Waals surface area contributed by atoms with Crippen LogP contribution in [-0.4, -0.2) is 55.1 Å². The Labute approximate surface area is 138 Å². The second-order valence-corrected chi connectivity index (χ2v) is 10.9. The van der Waals surface area contributed by atoms with Gasteiger partial charge in [-0.3, -0.25) is 4.90 Å². The third-order valence-corrected chi connectivity index (χ3v) is 6.26. The molecule has 1 unspecified atom stereocenters. The van der Waals surface area contributed by atoms with Crippen molar-refractivity contribution < 1.29 is 8.42 Å². The molecule has 1 aliphatic rings. The molecule has 0 aliphatic heterocycles. The Morgan fingerprint density at radius 3 is 1.86 bits per heavy atom. The van der Waals surface area contributed by atoms with Gasteiger partial charge in [0.05, 0.1) is 6.26 Å². The van der Waals surface area contributed by atoms with Crippen molar-refractivity contribution in [3.63, 3.8) is 0 Å². The highest BCUT2D eigenvalue weighted by atomic mass is 32.2. The van der Waals surface area contributed by atoms with E-state index in [1.54, 1.807) is 4.31 Å². The average molecular weight is 333 g/mol. The molecule has 0 radical (unpaired) electrons. The number of hydrogen-bond acceptors (Lipinski definition) is 3. The van der Waals surface area contributed by atoms with Crippen molar-refractivity contribution in [3.05, 3.63) is 0 Å². The van der Waals surface area contributed by atoms with Crippen molar-refractivity contribution in [2.75, 3.05) is 25.9 Å². The van der Waals surface area contributed by atoms with Crippen molar-refractivity contribution in [2.24, 2.45) is 11.3 Å². The first-order chi connectivity index (χ1) is 9.73. The van der Waals surface area contributed by atoms with Crippen LogP contribution in [0.3, 0.4) is 0 Å². The van der Waals surface area contributed by atoms with Crippen molar-refractivity contribution in [1.29, 1.82) is 0 Å². The standard InChI is InChI=1S/C17H36N2O2S/c1-14(16(2,3)4)18(13-15-9-10-15)11-12-19(17(5,6)7)22(8,20)21/h14-15H,9-13H2,1-8H3. The van der Waals surface area contributed by atoms with Crippen LogP contribution >= 0.6 is 0 Å². The van der Waals surface area contributed by atoms with E-state index in [2.05, 4.69) is 32.6 Å². The van der Waals surface area contributed by atoms with Gasteiger partial charge in [-0.1, -0.05) is 20.8 Å². The lowest BCUT2D eigenvalue weighted by atomic mass is 9.86. The molecule has 5 heteroatoms. The summed E-state index contributed by atoms with van der Waals surface area (Å²) in [5, 5.41) is 0. The van der Waals surface area contributed by atoms with Crippen LogP contribution in [0.15, 0.2) is 0 Å². The second kappa shape index (κ2) is 6.78. The summed E-state index contributed by atoms with van der Waals surface area (Å²) in [5.74, 6) is 0.811. The Bertz CT molecular complexity index is 456. The van der Waals surface area contributed by atoms with E-state index in [4.69, 9.17) is 0 Å². The van der Waals surface area contributed by atoms with Crippen LogP contribution < -0.4 is 0 Å². The minimum absolute atomic E-state index is 0.201. The van der Waals surface area contributed by atoms with Gasteiger partial charge < -0.3 is 0 Å². The molecule has 0 bridgehead atoms. The molecule has 0 spiro atoms. The molecule has 0 amide bonds. The Morgan fingerprint density at radius 1 is 1.05 bits per heavy atom. The zero-order valence-electron chi connectivity index (χ0n) is 15.8. The summed E-state index contributed by atoms with van der Waals surface area (Å²) in [6, 6.07) is 0.439. The molecule has 1 aliphatic carbocycles. The monoisotopic (exact) mass is 332 g/mol. The van der Waals surface area contributed by atoms with Gasteiger partial charge in [0, 0.05) is 31.2 Å². The third-order valence-electron chi connectivity index (χ3n) is 4.73. The first-order valence-electron chi connectivity index (χ1n) is 8.45. The SMILES string of the molecule is CC(N(CCN(C(C)(C)C)S(C)(=O)=O)CC1CC1)C(C)(C)C. The lowest BCUT2D eigenvalue weighted by Crippen LogP contribution is -2.51. The molecule has 1 saturated carbocycles. The average Bonchev–Trinajstić information content (AvgIpc) is 3.05.